The molecule has 0 saturated heterocycles. The number of carbonyl (C=O) groups is 1. The van der Waals surface area contributed by atoms with Crippen LogP contribution in [-0.2, 0) is 20.8 Å². The number of fused-ring (bicyclic) bond motifs is 1. The maximum atomic E-state index is 13.1. The van der Waals surface area contributed by atoms with Crippen LogP contribution in [0, 0.1) is 17.1 Å². The Kier molecular flexibility index (Phi) is 10.7. The van der Waals surface area contributed by atoms with Crippen molar-refractivity contribution in [1.29, 1.82) is 4.78 Å². The molecule has 1 heterocycles. The van der Waals surface area contributed by atoms with Crippen LogP contribution in [0.5, 0.6) is 11.5 Å². The molecule has 0 aromatic heterocycles. The number of rotatable bonds is 10. The van der Waals surface area contributed by atoms with Crippen LogP contribution >= 0.6 is 0 Å². The molecular formula is C28H40N2O7S. The summed E-state index contributed by atoms with van der Waals surface area (Å²) in [4.78, 5) is 14.8. The highest BCUT2D eigenvalue weighted by molar-refractivity contribution is 7.60. The van der Waals surface area contributed by atoms with Crippen LogP contribution < -0.4 is 9.64 Å². The molecule has 210 valence electrons. The van der Waals surface area contributed by atoms with Gasteiger partial charge < -0.3 is 19.7 Å². The molecule has 3 N–H and O–H groups in total. The maximum Gasteiger partial charge on any atom is 0.415 e. The summed E-state index contributed by atoms with van der Waals surface area (Å²) in [6, 6.07) is 11.1. The van der Waals surface area contributed by atoms with E-state index >= 15 is 0 Å². The number of cyclic esters (lactones) is 1. The van der Waals surface area contributed by atoms with Gasteiger partial charge in [0.1, 0.15) is 17.1 Å². The molecule has 1 aliphatic heterocycles. The van der Waals surface area contributed by atoms with E-state index in [0.29, 0.717) is 25.8 Å². The van der Waals surface area contributed by atoms with Gasteiger partial charge in [-0.1, -0.05) is 33.8 Å². The van der Waals surface area contributed by atoms with Crippen molar-refractivity contribution >= 4 is 22.3 Å². The maximum absolute atomic E-state index is 13.1. The number of carbonyl (C=O) groups excluding carboxylic acids is 1. The van der Waals surface area contributed by atoms with Crippen LogP contribution in [0.3, 0.4) is 0 Å². The lowest BCUT2D eigenvalue weighted by Gasteiger charge is -2.42. The van der Waals surface area contributed by atoms with E-state index in [2.05, 4.69) is 13.8 Å². The van der Waals surface area contributed by atoms with Crippen molar-refractivity contribution in [2.24, 2.45) is 5.41 Å². The molecule has 2 aromatic carbocycles. The molecule has 0 bridgehead atoms. The van der Waals surface area contributed by atoms with Gasteiger partial charge in [-0.3, -0.25) is 4.90 Å². The number of hydrogen-bond donors (Lipinski definition) is 3. The number of aliphatic hydroxyl groups excluding tert-OH is 1. The highest BCUT2D eigenvalue weighted by Gasteiger charge is 2.43. The number of anilines is 1. The molecule has 0 aliphatic carbocycles. The lowest BCUT2D eigenvalue weighted by atomic mass is 9.82. The second-order valence-electron chi connectivity index (χ2n) is 10.4. The molecule has 1 amide bonds. The molecule has 1 atom stereocenters. The second kappa shape index (κ2) is 13.1. The molecule has 9 nitrogen and oxygen atoms in total. The number of aryl methyl sites for hydroxylation is 1. The smallest absolute Gasteiger partial charge is 0.415 e. The summed E-state index contributed by atoms with van der Waals surface area (Å²) in [5.41, 5.74) is 2.71. The normalized spacial score (nSPS) is 15.0. The van der Waals surface area contributed by atoms with Crippen LogP contribution in [0.4, 0.5) is 10.5 Å². The van der Waals surface area contributed by atoms with Gasteiger partial charge in [0.2, 0.25) is 0 Å². The van der Waals surface area contributed by atoms with Crippen molar-refractivity contribution in [3.63, 3.8) is 0 Å². The lowest BCUT2D eigenvalue weighted by molar-refractivity contribution is -0.00165. The zero-order valence-electron chi connectivity index (χ0n) is 23.1. The Balaban J connectivity index is 0.00000118. The molecule has 0 radical (unpaired) electrons. The van der Waals surface area contributed by atoms with E-state index in [9.17, 15) is 15.0 Å². The fourth-order valence-electron chi connectivity index (χ4n) is 4.72. The number of aliphatic hydroxyl groups is 1. The van der Waals surface area contributed by atoms with Crippen molar-refractivity contribution in [3.8, 4) is 11.5 Å². The number of aromatic hydroxyl groups is 1. The second-order valence-corrected chi connectivity index (χ2v) is 10.8. The number of hydrogen-bond acceptors (Lipinski definition) is 8. The van der Waals surface area contributed by atoms with Crippen LogP contribution in [-0.4, -0.2) is 38.4 Å². The number of amides is 1. The highest BCUT2D eigenvalue weighted by atomic mass is 32.2. The zero-order chi connectivity index (χ0) is 28.7. The van der Waals surface area contributed by atoms with Crippen molar-refractivity contribution in [1.82, 2.24) is 0 Å². The Hall–Kier alpha value is -3.11. The quantitative estimate of drug-likeness (QED) is 0.320. The van der Waals surface area contributed by atoms with Gasteiger partial charge in [0.25, 0.3) is 0 Å². The van der Waals surface area contributed by atoms with Gasteiger partial charge in [-0.05, 0) is 85.9 Å². The largest absolute Gasteiger partial charge is 0.508 e. The Morgan fingerprint density at radius 3 is 2.32 bits per heavy atom. The van der Waals surface area contributed by atoms with E-state index < -0.39 is 22.2 Å². The summed E-state index contributed by atoms with van der Waals surface area (Å²) >= 11 is 0. The first kappa shape index (κ1) is 31.1. The summed E-state index contributed by atoms with van der Waals surface area (Å²) in [6.45, 7) is 10.8. The van der Waals surface area contributed by atoms with E-state index in [1.807, 2.05) is 45.0 Å². The predicted octanol–water partition coefficient (Wildman–Crippen LogP) is 6.24. The van der Waals surface area contributed by atoms with Gasteiger partial charge >= 0.3 is 16.6 Å². The lowest BCUT2D eigenvalue weighted by Crippen LogP contribution is -2.46. The van der Waals surface area contributed by atoms with E-state index in [-0.39, 0.29) is 17.3 Å². The number of benzene rings is 2. The molecule has 0 fully saturated rings. The number of methoxy groups -OCH3 is 1. The third-order valence-electron chi connectivity index (χ3n) is 7.34. The van der Waals surface area contributed by atoms with Crippen molar-refractivity contribution in [2.45, 2.75) is 78.4 Å². The first-order valence-electron chi connectivity index (χ1n) is 12.8. The van der Waals surface area contributed by atoms with Gasteiger partial charge in [0.15, 0.2) is 0 Å². The number of phenolic OH excluding ortho intramolecular Hbond substituents is 1. The van der Waals surface area contributed by atoms with E-state index in [1.165, 1.54) is 0 Å². The third kappa shape index (κ3) is 7.70. The summed E-state index contributed by atoms with van der Waals surface area (Å²) < 4.78 is 34.3. The molecule has 3 rings (SSSR count). The molecule has 1 unspecified atom stereocenters. The van der Waals surface area contributed by atoms with Gasteiger partial charge in [-0.25, -0.2) is 4.79 Å². The minimum absolute atomic E-state index is 0.0933. The Bertz CT molecular complexity index is 1220. The molecule has 0 spiro atoms. The summed E-state index contributed by atoms with van der Waals surface area (Å²) in [5, 5.41) is 20.4. The molecule has 2 aromatic rings. The first-order valence-corrected chi connectivity index (χ1v) is 13.8. The van der Waals surface area contributed by atoms with E-state index in [1.54, 1.807) is 24.1 Å². The van der Waals surface area contributed by atoms with Gasteiger partial charge in [-0.2, -0.15) is 13.2 Å². The van der Waals surface area contributed by atoms with Crippen molar-refractivity contribution in [3.05, 3.63) is 53.1 Å². The molecule has 1 aliphatic rings. The van der Waals surface area contributed by atoms with E-state index in [0.717, 1.165) is 41.0 Å². The summed E-state index contributed by atoms with van der Waals surface area (Å²) in [6.07, 6.45) is 2.65. The van der Waals surface area contributed by atoms with Crippen molar-refractivity contribution < 1.29 is 32.9 Å². The van der Waals surface area contributed by atoms with Gasteiger partial charge in [-0.15, -0.1) is 0 Å². The number of nitrogens with zero attached hydrogens (tertiary/aromatic N) is 1. The molecular weight excluding hydrogens is 508 g/mol. The average Bonchev–Trinajstić information content (AvgIpc) is 2.87. The number of nitrogens with one attached hydrogen (secondary N) is 1. The summed E-state index contributed by atoms with van der Waals surface area (Å²) in [7, 11) is -0.968. The topological polar surface area (TPSA) is 137 Å². The monoisotopic (exact) mass is 548 g/mol. The molecule has 10 heteroatoms. The third-order valence-corrected chi connectivity index (χ3v) is 7.34. The minimum Gasteiger partial charge on any atom is -0.508 e. The molecule has 38 heavy (non-hydrogen) atoms. The standard InChI is InChI=1S/C28H39NO5.HNO2S/c1-7-28(8-2)22-18-21(33-6)10-11-23(22)29(26(32)34-28)16-15-27(4,5)14-13-25(31)20-9-12-24(30)19(3)17-20;1-4(2)3/h9-12,17-18,25,30-31H,7-8,13-16H2,1-6H3;1H. The number of phenols is 1. The average molecular weight is 549 g/mol. The van der Waals surface area contributed by atoms with Crippen LogP contribution in [0.2, 0.25) is 0 Å². The fourth-order valence-corrected chi connectivity index (χ4v) is 4.72. The van der Waals surface area contributed by atoms with Gasteiger partial charge in [0, 0.05) is 12.1 Å². The van der Waals surface area contributed by atoms with Crippen LogP contribution in [0.25, 0.3) is 0 Å². The minimum atomic E-state index is -2.61. The Morgan fingerprint density at radius 2 is 1.76 bits per heavy atom. The van der Waals surface area contributed by atoms with E-state index in [4.69, 9.17) is 22.7 Å². The predicted molar refractivity (Wildman–Crippen MR) is 146 cm³/mol. The Morgan fingerprint density at radius 1 is 1.13 bits per heavy atom. The zero-order valence-corrected chi connectivity index (χ0v) is 23.9. The van der Waals surface area contributed by atoms with Crippen LogP contribution in [0.15, 0.2) is 36.4 Å². The number of ether oxygens (including phenoxy) is 2. The SMILES string of the molecule is CCC1(CC)OC(=O)N(CCC(C)(C)CCC(O)c2ccc(O)c(C)c2)c2ccc(OC)cc21.N=S(=O)=O. The molecule has 0 saturated carbocycles. The highest BCUT2D eigenvalue weighted by Crippen LogP contribution is 2.45. The fraction of sp³-hybridized carbons (Fsp3) is 0.536. The van der Waals surface area contributed by atoms with Crippen molar-refractivity contribution in [2.75, 3.05) is 18.6 Å². The van der Waals surface area contributed by atoms with Gasteiger partial charge in [0.05, 0.1) is 18.9 Å². The summed E-state index contributed by atoms with van der Waals surface area (Å²) in [5.74, 6) is 0.986. The first-order chi connectivity index (χ1) is 17.8. The Labute approximate surface area is 226 Å². The van der Waals surface area contributed by atoms with Crippen LogP contribution in [0.1, 0.15) is 82.6 Å².